The van der Waals surface area contributed by atoms with E-state index >= 15 is 0 Å². The number of amides is 3. The number of rotatable bonds is 3. The van der Waals surface area contributed by atoms with E-state index in [9.17, 15) is 9.59 Å². The molecule has 0 aromatic rings. The van der Waals surface area contributed by atoms with Crippen LogP contribution in [-0.4, -0.2) is 41.9 Å². The number of hydrogen-bond donors (Lipinski definition) is 0. The maximum atomic E-state index is 11.8. The van der Waals surface area contributed by atoms with Crippen LogP contribution >= 0.6 is 0 Å². The first-order chi connectivity index (χ1) is 7.49. The molecule has 0 aromatic heterocycles. The van der Waals surface area contributed by atoms with Gasteiger partial charge in [0.15, 0.2) is 0 Å². The van der Waals surface area contributed by atoms with Crippen molar-refractivity contribution >= 4 is 11.9 Å². The van der Waals surface area contributed by atoms with E-state index in [0.717, 1.165) is 24.0 Å². The van der Waals surface area contributed by atoms with Gasteiger partial charge in [-0.15, -0.1) is 0 Å². The van der Waals surface area contributed by atoms with E-state index in [-0.39, 0.29) is 11.9 Å². The summed E-state index contributed by atoms with van der Waals surface area (Å²) in [5, 5.41) is 0. The van der Waals surface area contributed by atoms with Crippen molar-refractivity contribution in [3.8, 4) is 0 Å². The lowest BCUT2D eigenvalue weighted by molar-refractivity contribution is -0.129. The predicted molar refractivity (Wildman–Crippen MR) is 63.0 cm³/mol. The third-order valence-electron chi connectivity index (χ3n) is 2.83. The summed E-state index contributed by atoms with van der Waals surface area (Å²) < 4.78 is 0. The highest BCUT2D eigenvalue weighted by atomic mass is 16.2. The minimum Gasteiger partial charge on any atom is -0.327 e. The van der Waals surface area contributed by atoms with Crippen LogP contribution in [0.15, 0.2) is 11.1 Å². The maximum Gasteiger partial charge on any atom is 0.327 e. The van der Waals surface area contributed by atoms with Crippen LogP contribution < -0.4 is 0 Å². The third-order valence-corrected chi connectivity index (χ3v) is 2.83. The molecule has 0 bridgehead atoms. The molecule has 0 radical (unpaired) electrons. The Morgan fingerprint density at radius 2 is 2.06 bits per heavy atom. The van der Waals surface area contributed by atoms with E-state index < -0.39 is 0 Å². The Labute approximate surface area is 96.9 Å². The van der Waals surface area contributed by atoms with E-state index in [0.29, 0.717) is 13.1 Å². The number of allylic oxidation sites excluding steroid dienone is 1. The number of nitrogens with zero attached hydrogens (tertiary/aromatic N) is 2. The van der Waals surface area contributed by atoms with Crippen molar-refractivity contribution in [2.75, 3.05) is 20.1 Å². The number of hydrogen-bond acceptors (Lipinski definition) is 2. The quantitative estimate of drug-likeness (QED) is 0.543. The van der Waals surface area contributed by atoms with Crippen LogP contribution in [0.2, 0.25) is 0 Å². The van der Waals surface area contributed by atoms with Crippen molar-refractivity contribution in [3.05, 3.63) is 11.1 Å². The predicted octanol–water partition coefficient (Wildman–Crippen LogP) is 2.02. The highest BCUT2D eigenvalue weighted by Gasteiger charge is 2.37. The van der Waals surface area contributed by atoms with Crippen molar-refractivity contribution in [1.29, 1.82) is 0 Å². The van der Waals surface area contributed by atoms with E-state index in [1.54, 1.807) is 11.9 Å². The van der Waals surface area contributed by atoms with Gasteiger partial charge in [-0.2, -0.15) is 0 Å². The highest BCUT2D eigenvalue weighted by molar-refractivity contribution is 6.10. The Balaban J connectivity index is 2.53. The first-order valence-electron chi connectivity index (χ1n) is 5.72. The second-order valence-electron chi connectivity index (χ2n) is 4.43. The Kier molecular flexibility index (Phi) is 4.10. The zero-order valence-electron chi connectivity index (χ0n) is 10.5. The fraction of sp³-hybridized carbons (Fsp3) is 0.667. The molecule has 0 aromatic carbocycles. The second kappa shape index (κ2) is 5.14. The maximum absolute atomic E-state index is 11.8. The summed E-state index contributed by atoms with van der Waals surface area (Å²) in [5.41, 5.74) is 1.78. The number of unbranched alkanes of at least 4 members (excludes halogenated alkanes) is 1. The van der Waals surface area contributed by atoms with Gasteiger partial charge in [-0.3, -0.25) is 9.69 Å². The number of carbonyl (C=O) groups is 2. The van der Waals surface area contributed by atoms with Gasteiger partial charge in [0.05, 0.1) is 6.54 Å². The monoisotopic (exact) mass is 224 g/mol. The van der Waals surface area contributed by atoms with Gasteiger partial charge in [0.1, 0.15) is 0 Å². The summed E-state index contributed by atoms with van der Waals surface area (Å²) in [5.74, 6) is -0.131. The Hall–Kier alpha value is -1.32. The zero-order valence-corrected chi connectivity index (χ0v) is 10.5. The van der Waals surface area contributed by atoms with Gasteiger partial charge in [0, 0.05) is 19.2 Å². The molecule has 1 aliphatic heterocycles. The van der Waals surface area contributed by atoms with Gasteiger partial charge in [0.25, 0.3) is 5.91 Å². The zero-order chi connectivity index (χ0) is 12.3. The molecule has 3 amide bonds. The van der Waals surface area contributed by atoms with Crippen molar-refractivity contribution in [3.63, 3.8) is 0 Å². The van der Waals surface area contributed by atoms with Gasteiger partial charge in [0.2, 0.25) is 0 Å². The van der Waals surface area contributed by atoms with Crippen LogP contribution in [0.3, 0.4) is 0 Å². The Morgan fingerprint density at radius 1 is 1.44 bits per heavy atom. The van der Waals surface area contributed by atoms with Gasteiger partial charge >= 0.3 is 6.03 Å². The summed E-state index contributed by atoms with van der Waals surface area (Å²) in [6.07, 6.45) is 2.02. The number of urea groups is 1. The van der Waals surface area contributed by atoms with Crippen molar-refractivity contribution in [2.24, 2.45) is 0 Å². The van der Waals surface area contributed by atoms with E-state index in [2.05, 4.69) is 6.92 Å². The summed E-state index contributed by atoms with van der Waals surface area (Å²) in [7, 11) is 1.74. The average molecular weight is 224 g/mol. The van der Waals surface area contributed by atoms with Crippen LogP contribution in [0.5, 0.6) is 0 Å². The summed E-state index contributed by atoms with van der Waals surface area (Å²) in [6.45, 7) is 7.06. The van der Waals surface area contributed by atoms with Gasteiger partial charge in [-0.25, -0.2) is 4.79 Å². The molecule has 0 saturated carbocycles. The summed E-state index contributed by atoms with van der Waals surface area (Å²) in [6, 6.07) is -0.177. The largest absolute Gasteiger partial charge is 0.327 e. The van der Waals surface area contributed by atoms with E-state index in [4.69, 9.17) is 0 Å². The SMILES string of the molecule is CCCCN(C)C(=O)N1CC(=C(C)C)C1=O. The third kappa shape index (κ3) is 2.43. The molecular formula is C12H20N2O2. The molecular weight excluding hydrogens is 204 g/mol. The van der Waals surface area contributed by atoms with Crippen LogP contribution in [0, 0.1) is 0 Å². The second-order valence-corrected chi connectivity index (χ2v) is 4.43. The molecule has 4 heteroatoms. The van der Waals surface area contributed by atoms with E-state index in [1.807, 2.05) is 13.8 Å². The average Bonchev–Trinajstić information content (AvgIpc) is 2.22. The highest BCUT2D eigenvalue weighted by Crippen LogP contribution is 2.21. The number of β-lactam (4-membered cyclic amide) rings is 1. The molecule has 1 saturated heterocycles. The molecule has 0 atom stereocenters. The lowest BCUT2D eigenvalue weighted by Gasteiger charge is -2.35. The number of imide groups is 1. The van der Waals surface area contributed by atoms with Crippen molar-refractivity contribution in [1.82, 2.24) is 9.80 Å². The fourth-order valence-electron chi connectivity index (χ4n) is 1.59. The minimum atomic E-state index is -0.177. The van der Waals surface area contributed by atoms with Crippen molar-refractivity contribution < 1.29 is 9.59 Å². The molecule has 1 aliphatic rings. The van der Waals surface area contributed by atoms with Crippen LogP contribution in [0.1, 0.15) is 33.6 Å². The lowest BCUT2D eigenvalue weighted by Crippen LogP contribution is -2.54. The molecule has 1 fully saturated rings. The van der Waals surface area contributed by atoms with Gasteiger partial charge in [-0.05, 0) is 20.3 Å². The molecule has 0 aliphatic carbocycles. The topological polar surface area (TPSA) is 40.6 Å². The molecule has 0 unspecified atom stereocenters. The molecule has 0 spiro atoms. The number of likely N-dealkylation sites (tertiary alicyclic amines) is 1. The van der Waals surface area contributed by atoms with Crippen LogP contribution in [0.25, 0.3) is 0 Å². The molecule has 0 N–H and O–H groups in total. The van der Waals surface area contributed by atoms with Gasteiger partial charge in [-0.1, -0.05) is 18.9 Å². The first-order valence-corrected chi connectivity index (χ1v) is 5.72. The minimum absolute atomic E-state index is 0.131. The number of carbonyl (C=O) groups excluding carboxylic acids is 2. The summed E-state index contributed by atoms with van der Waals surface area (Å²) >= 11 is 0. The van der Waals surface area contributed by atoms with Gasteiger partial charge < -0.3 is 4.90 Å². The smallest absolute Gasteiger partial charge is 0.327 e. The van der Waals surface area contributed by atoms with Crippen LogP contribution in [-0.2, 0) is 4.79 Å². The lowest BCUT2D eigenvalue weighted by atomic mass is 10.0. The Morgan fingerprint density at radius 3 is 2.50 bits per heavy atom. The van der Waals surface area contributed by atoms with E-state index in [1.165, 1.54) is 4.90 Å². The first kappa shape index (κ1) is 12.7. The molecule has 1 rings (SSSR count). The normalized spacial score (nSPS) is 14.9. The standard InChI is InChI=1S/C12H20N2O2/c1-5-6-7-13(4)12(16)14-8-10(9(2)3)11(14)15/h5-8H2,1-4H3. The molecule has 16 heavy (non-hydrogen) atoms. The van der Waals surface area contributed by atoms with Crippen molar-refractivity contribution in [2.45, 2.75) is 33.6 Å². The summed E-state index contributed by atoms with van der Waals surface area (Å²) in [4.78, 5) is 26.4. The Bertz CT molecular complexity index is 330. The van der Waals surface area contributed by atoms with Crippen LogP contribution in [0.4, 0.5) is 4.79 Å². The molecule has 4 nitrogen and oxygen atoms in total. The molecule has 1 heterocycles. The fourth-order valence-corrected chi connectivity index (χ4v) is 1.59. The molecule has 90 valence electrons.